The molecule has 0 radical (unpaired) electrons. The van der Waals surface area contributed by atoms with Crippen molar-refractivity contribution in [3.8, 4) is 5.75 Å². The van der Waals surface area contributed by atoms with Crippen molar-refractivity contribution in [3.63, 3.8) is 0 Å². The van der Waals surface area contributed by atoms with Gasteiger partial charge in [0.1, 0.15) is 18.3 Å². The first-order valence-electron chi connectivity index (χ1n) is 11.9. The zero-order valence-corrected chi connectivity index (χ0v) is 23.3. The standard InChI is InChI=1S/C26H36ClN3O5S/c1-7-19(4)28-26(32)23(8-2)29(16-20-12-10-9-11-18(20)3)25(31)17-30(36(6,33)34)21-13-14-24(35-5)22(27)15-21/h9-15,19,23H,7-8,16-17H2,1-6H3,(H,28,32)/t19-,23+/m1/s1. The van der Waals surface area contributed by atoms with Crippen molar-refractivity contribution < 1.29 is 22.7 Å². The van der Waals surface area contributed by atoms with Crippen LogP contribution in [0.4, 0.5) is 5.69 Å². The molecule has 0 aliphatic rings. The summed E-state index contributed by atoms with van der Waals surface area (Å²) in [6.45, 7) is 7.30. The van der Waals surface area contributed by atoms with E-state index in [1.807, 2.05) is 52.0 Å². The van der Waals surface area contributed by atoms with Crippen molar-refractivity contribution in [2.45, 2.75) is 59.2 Å². The van der Waals surface area contributed by atoms with Crippen molar-refractivity contribution in [1.82, 2.24) is 10.2 Å². The summed E-state index contributed by atoms with van der Waals surface area (Å²) >= 11 is 6.23. The molecule has 2 rings (SSSR count). The molecule has 0 saturated heterocycles. The Balaban J connectivity index is 2.48. The van der Waals surface area contributed by atoms with E-state index in [-0.39, 0.29) is 29.2 Å². The molecular formula is C26H36ClN3O5S. The third kappa shape index (κ3) is 7.61. The molecule has 36 heavy (non-hydrogen) atoms. The number of amides is 2. The summed E-state index contributed by atoms with van der Waals surface area (Å²) in [4.78, 5) is 28.4. The van der Waals surface area contributed by atoms with Gasteiger partial charge in [0, 0.05) is 12.6 Å². The topological polar surface area (TPSA) is 96.0 Å². The number of ether oxygens (including phenoxy) is 1. The Labute approximate surface area is 219 Å². The Morgan fingerprint density at radius 3 is 2.31 bits per heavy atom. The van der Waals surface area contributed by atoms with Crippen molar-refractivity contribution in [3.05, 3.63) is 58.6 Å². The zero-order chi connectivity index (χ0) is 27.0. The molecule has 0 spiro atoms. The summed E-state index contributed by atoms with van der Waals surface area (Å²) in [7, 11) is -2.40. The molecule has 2 atom stereocenters. The molecule has 0 fully saturated rings. The van der Waals surface area contributed by atoms with Crippen LogP contribution in [0, 0.1) is 6.92 Å². The van der Waals surface area contributed by atoms with E-state index in [4.69, 9.17) is 16.3 Å². The molecule has 198 valence electrons. The van der Waals surface area contributed by atoms with Gasteiger partial charge in [0.25, 0.3) is 0 Å². The summed E-state index contributed by atoms with van der Waals surface area (Å²) in [5.41, 5.74) is 2.07. The molecule has 2 amide bonds. The number of hydrogen-bond acceptors (Lipinski definition) is 5. The highest BCUT2D eigenvalue weighted by Crippen LogP contribution is 2.30. The lowest BCUT2D eigenvalue weighted by Crippen LogP contribution is -2.53. The fourth-order valence-electron chi connectivity index (χ4n) is 3.76. The van der Waals surface area contributed by atoms with Gasteiger partial charge in [0.15, 0.2) is 0 Å². The maximum absolute atomic E-state index is 13.7. The molecule has 0 heterocycles. The summed E-state index contributed by atoms with van der Waals surface area (Å²) in [5.74, 6) is -0.386. The number of nitrogens with zero attached hydrogens (tertiary/aromatic N) is 2. The number of nitrogens with one attached hydrogen (secondary N) is 1. The van der Waals surface area contributed by atoms with Gasteiger partial charge in [-0.2, -0.15) is 0 Å². The van der Waals surface area contributed by atoms with E-state index in [0.717, 1.165) is 28.1 Å². The predicted molar refractivity (Wildman–Crippen MR) is 144 cm³/mol. The van der Waals surface area contributed by atoms with Crippen molar-refractivity contribution in [2.24, 2.45) is 0 Å². The smallest absolute Gasteiger partial charge is 0.244 e. The monoisotopic (exact) mass is 537 g/mol. The van der Waals surface area contributed by atoms with Gasteiger partial charge in [-0.25, -0.2) is 8.42 Å². The van der Waals surface area contributed by atoms with Gasteiger partial charge in [-0.3, -0.25) is 13.9 Å². The first-order chi connectivity index (χ1) is 16.9. The lowest BCUT2D eigenvalue weighted by Gasteiger charge is -2.33. The molecule has 0 aliphatic carbocycles. The van der Waals surface area contributed by atoms with Crippen LogP contribution in [0.5, 0.6) is 5.75 Å². The number of rotatable bonds is 12. The quantitative estimate of drug-likeness (QED) is 0.439. The van der Waals surface area contributed by atoms with Crippen LogP contribution in [0.25, 0.3) is 0 Å². The Bertz CT molecular complexity index is 1170. The normalized spacial score (nSPS) is 13.0. The Morgan fingerprint density at radius 1 is 1.11 bits per heavy atom. The molecule has 2 aromatic carbocycles. The lowest BCUT2D eigenvalue weighted by atomic mass is 10.1. The van der Waals surface area contributed by atoms with Gasteiger partial charge in [-0.15, -0.1) is 0 Å². The molecule has 2 aromatic rings. The maximum Gasteiger partial charge on any atom is 0.244 e. The molecule has 1 N–H and O–H groups in total. The van der Waals surface area contributed by atoms with Crippen LogP contribution in [-0.2, 0) is 26.2 Å². The summed E-state index contributed by atoms with van der Waals surface area (Å²) < 4.78 is 31.6. The number of methoxy groups -OCH3 is 1. The van der Waals surface area contributed by atoms with Crippen molar-refractivity contribution in [2.75, 3.05) is 24.2 Å². The molecule has 0 aliphatic heterocycles. The minimum absolute atomic E-state index is 0.0593. The number of benzene rings is 2. The largest absolute Gasteiger partial charge is 0.495 e. The minimum atomic E-state index is -3.85. The zero-order valence-electron chi connectivity index (χ0n) is 21.7. The van der Waals surface area contributed by atoms with E-state index in [2.05, 4.69) is 5.32 Å². The highest BCUT2D eigenvalue weighted by atomic mass is 35.5. The number of aryl methyl sites for hydroxylation is 1. The third-order valence-electron chi connectivity index (χ3n) is 6.09. The first-order valence-corrected chi connectivity index (χ1v) is 14.1. The Morgan fingerprint density at radius 2 is 1.78 bits per heavy atom. The van der Waals surface area contributed by atoms with Crippen LogP contribution in [0.1, 0.15) is 44.7 Å². The molecule has 0 aromatic heterocycles. The van der Waals surface area contributed by atoms with E-state index in [1.165, 1.54) is 24.1 Å². The molecule has 8 nitrogen and oxygen atoms in total. The highest BCUT2D eigenvalue weighted by Gasteiger charge is 2.32. The van der Waals surface area contributed by atoms with Crippen molar-refractivity contribution in [1.29, 1.82) is 0 Å². The fourth-order valence-corrected chi connectivity index (χ4v) is 4.85. The second-order valence-electron chi connectivity index (χ2n) is 8.78. The van der Waals surface area contributed by atoms with Crippen molar-refractivity contribution >= 4 is 39.1 Å². The molecule has 0 saturated carbocycles. The van der Waals surface area contributed by atoms with Gasteiger partial charge in [-0.1, -0.05) is 49.7 Å². The average molecular weight is 538 g/mol. The number of halogens is 1. The van der Waals surface area contributed by atoms with Crippen LogP contribution in [-0.4, -0.2) is 57.1 Å². The van der Waals surface area contributed by atoms with E-state index in [9.17, 15) is 18.0 Å². The van der Waals surface area contributed by atoms with E-state index < -0.39 is 28.5 Å². The molecule has 0 unspecified atom stereocenters. The van der Waals surface area contributed by atoms with E-state index in [0.29, 0.717) is 12.2 Å². The third-order valence-corrected chi connectivity index (χ3v) is 7.53. The maximum atomic E-state index is 13.7. The second-order valence-corrected chi connectivity index (χ2v) is 11.1. The average Bonchev–Trinajstić information content (AvgIpc) is 2.82. The van der Waals surface area contributed by atoms with Gasteiger partial charge < -0.3 is 15.0 Å². The van der Waals surface area contributed by atoms with Gasteiger partial charge in [0.05, 0.1) is 24.1 Å². The minimum Gasteiger partial charge on any atom is -0.495 e. The SMILES string of the molecule is CC[C@@H](C)NC(=O)[C@H](CC)N(Cc1ccccc1C)C(=O)CN(c1ccc(OC)c(Cl)c1)S(C)(=O)=O. The van der Waals surface area contributed by atoms with Gasteiger partial charge in [0.2, 0.25) is 21.8 Å². The Kier molecular flexibility index (Phi) is 10.6. The van der Waals surface area contributed by atoms with Crippen LogP contribution in [0.2, 0.25) is 5.02 Å². The van der Waals surface area contributed by atoms with Crippen LogP contribution in [0.3, 0.4) is 0 Å². The van der Waals surface area contributed by atoms with E-state index in [1.54, 1.807) is 6.07 Å². The summed E-state index contributed by atoms with van der Waals surface area (Å²) in [6, 6.07) is 11.3. The number of carbonyl (C=O) groups excluding carboxylic acids is 2. The number of carbonyl (C=O) groups is 2. The van der Waals surface area contributed by atoms with E-state index >= 15 is 0 Å². The summed E-state index contributed by atoms with van der Waals surface area (Å²) in [6.07, 6.45) is 2.14. The van der Waals surface area contributed by atoms with Gasteiger partial charge >= 0.3 is 0 Å². The van der Waals surface area contributed by atoms with Crippen LogP contribution in [0.15, 0.2) is 42.5 Å². The first kappa shape index (κ1) is 29.5. The Hall–Kier alpha value is -2.78. The predicted octanol–water partition coefficient (Wildman–Crippen LogP) is 4.15. The summed E-state index contributed by atoms with van der Waals surface area (Å²) in [5, 5.41) is 3.17. The van der Waals surface area contributed by atoms with Crippen LogP contribution < -0.4 is 14.4 Å². The highest BCUT2D eigenvalue weighted by molar-refractivity contribution is 7.92. The second kappa shape index (κ2) is 13.0. The molecule has 0 bridgehead atoms. The fraction of sp³-hybridized carbons (Fsp3) is 0.462. The van der Waals surface area contributed by atoms with Gasteiger partial charge in [-0.05, 0) is 56.0 Å². The number of sulfonamides is 1. The lowest BCUT2D eigenvalue weighted by molar-refractivity contribution is -0.140. The van der Waals surface area contributed by atoms with Crippen LogP contribution >= 0.6 is 11.6 Å². The number of hydrogen-bond donors (Lipinski definition) is 1. The molecular weight excluding hydrogens is 502 g/mol. The number of anilines is 1. The molecule has 10 heteroatoms.